The first-order valence-corrected chi connectivity index (χ1v) is 6.38. The minimum absolute atomic E-state index is 0.0796. The van der Waals surface area contributed by atoms with Crippen LogP contribution in [-0.2, 0) is 0 Å². The van der Waals surface area contributed by atoms with Crippen LogP contribution in [-0.4, -0.2) is 36.5 Å². The molecule has 2 aromatic carbocycles. The number of aliphatic hydroxyl groups is 2. The van der Waals surface area contributed by atoms with Crippen LogP contribution in [0.15, 0.2) is 48.5 Å². The van der Waals surface area contributed by atoms with Crippen LogP contribution in [0.2, 0.25) is 0 Å². The van der Waals surface area contributed by atoms with Crippen LogP contribution in [0.1, 0.15) is 0 Å². The fourth-order valence-corrected chi connectivity index (χ4v) is 2.06. The Balaban J connectivity index is 2.17. The van der Waals surface area contributed by atoms with Gasteiger partial charge in [0.1, 0.15) is 0 Å². The fourth-order valence-electron chi connectivity index (χ4n) is 2.06. The second-order valence-corrected chi connectivity index (χ2v) is 4.27. The predicted molar refractivity (Wildman–Crippen MR) is 77.1 cm³/mol. The van der Waals surface area contributed by atoms with Gasteiger partial charge in [0.25, 0.3) is 0 Å². The van der Waals surface area contributed by atoms with E-state index in [2.05, 4.69) is 6.07 Å². The molecule has 3 nitrogen and oxygen atoms in total. The molecule has 0 saturated heterocycles. The highest BCUT2D eigenvalue weighted by Gasteiger charge is 2.05. The molecule has 0 atom stereocenters. The van der Waals surface area contributed by atoms with Gasteiger partial charge in [-0.2, -0.15) is 0 Å². The molecule has 0 aliphatic heterocycles. The predicted octanol–water partition coefficient (Wildman–Crippen LogP) is 1.94. The van der Waals surface area contributed by atoms with Crippen molar-refractivity contribution in [1.82, 2.24) is 0 Å². The molecule has 0 unspecified atom stereocenters. The zero-order valence-electron chi connectivity index (χ0n) is 10.8. The van der Waals surface area contributed by atoms with Gasteiger partial charge in [0.15, 0.2) is 0 Å². The lowest BCUT2D eigenvalue weighted by molar-refractivity contribution is 0.281. The summed E-state index contributed by atoms with van der Waals surface area (Å²) in [6.45, 7) is 1.22. The Bertz CT molecular complexity index is 476. The van der Waals surface area contributed by atoms with E-state index in [0.29, 0.717) is 13.1 Å². The van der Waals surface area contributed by atoms with Crippen molar-refractivity contribution in [2.45, 2.75) is 0 Å². The van der Waals surface area contributed by atoms with E-state index in [-0.39, 0.29) is 13.2 Å². The second-order valence-electron chi connectivity index (χ2n) is 4.27. The van der Waals surface area contributed by atoms with Gasteiger partial charge in [-0.1, -0.05) is 36.4 Å². The molecule has 0 fully saturated rings. The Hall–Kier alpha value is -1.84. The molecule has 0 aromatic heterocycles. The highest BCUT2D eigenvalue weighted by Crippen LogP contribution is 2.22. The molecule has 0 aliphatic carbocycles. The Morgan fingerprint density at radius 3 is 1.84 bits per heavy atom. The van der Waals surface area contributed by atoms with Crippen molar-refractivity contribution in [2.24, 2.45) is 0 Å². The van der Waals surface area contributed by atoms with E-state index in [1.54, 1.807) is 0 Å². The molecule has 3 heteroatoms. The number of aliphatic hydroxyl groups excluding tert-OH is 2. The van der Waals surface area contributed by atoms with Crippen molar-refractivity contribution < 1.29 is 10.2 Å². The SMILES string of the molecule is OCCN(CCO)c1ccc(-c2cc[c]cc2)cc1. The summed E-state index contributed by atoms with van der Waals surface area (Å²) in [5.74, 6) is 0. The molecule has 1 radical (unpaired) electrons. The lowest BCUT2D eigenvalue weighted by Crippen LogP contribution is -2.29. The van der Waals surface area contributed by atoms with Crippen LogP contribution >= 0.6 is 0 Å². The molecule has 2 aromatic rings. The molecule has 2 rings (SSSR count). The van der Waals surface area contributed by atoms with Crippen LogP contribution in [0.3, 0.4) is 0 Å². The van der Waals surface area contributed by atoms with E-state index < -0.39 is 0 Å². The minimum atomic E-state index is 0.0796. The third-order valence-corrected chi connectivity index (χ3v) is 3.02. The van der Waals surface area contributed by atoms with Gasteiger partial charge in [0.2, 0.25) is 0 Å². The molecule has 0 heterocycles. The van der Waals surface area contributed by atoms with E-state index in [4.69, 9.17) is 10.2 Å². The topological polar surface area (TPSA) is 43.7 Å². The molecule has 0 bridgehead atoms. The summed E-state index contributed by atoms with van der Waals surface area (Å²) < 4.78 is 0. The largest absolute Gasteiger partial charge is 0.395 e. The molecule has 99 valence electrons. The zero-order chi connectivity index (χ0) is 13.5. The summed E-state index contributed by atoms with van der Waals surface area (Å²) in [6, 6.07) is 19.0. The van der Waals surface area contributed by atoms with Gasteiger partial charge >= 0.3 is 0 Å². The average molecular weight is 256 g/mol. The minimum Gasteiger partial charge on any atom is -0.395 e. The first kappa shape index (κ1) is 13.6. The summed E-state index contributed by atoms with van der Waals surface area (Å²) in [5.41, 5.74) is 3.31. The molecule has 2 N–H and O–H groups in total. The molecular formula is C16H18NO2. The second kappa shape index (κ2) is 6.92. The number of benzene rings is 2. The molecular weight excluding hydrogens is 238 g/mol. The van der Waals surface area contributed by atoms with Crippen molar-refractivity contribution in [1.29, 1.82) is 0 Å². The van der Waals surface area contributed by atoms with Gasteiger partial charge in [-0.25, -0.2) is 0 Å². The summed E-state index contributed by atoms with van der Waals surface area (Å²) in [4.78, 5) is 1.96. The van der Waals surface area contributed by atoms with Crippen molar-refractivity contribution in [2.75, 3.05) is 31.2 Å². The van der Waals surface area contributed by atoms with Crippen LogP contribution in [0.4, 0.5) is 5.69 Å². The van der Waals surface area contributed by atoms with Crippen LogP contribution < -0.4 is 4.90 Å². The lowest BCUT2D eigenvalue weighted by Gasteiger charge is -2.23. The third kappa shape index (κ3) is 3.56. The Morgan fingerprint density at radius 2 is 1.32 bits per heavy atom. The van der Waals surface area contributed by atoms with Crippen molar-refractivity contribution in [3.05, 3.63) is 54.6 Å². The standard InChI is InChI=1S/C16H18NO2/c18-12-10-17(11-13-19)16-8-6-15(7-9-16)14-4-2-1-3-5-14/h2-9,18-19H,10-13H2. The van der Waals surface area contributed by atoms with Crippen molar-refractivity contribution in [3.63, 3.8) is 0 Å². The first-order chi connectivity index (χ1) is 9.35. The van der Waals surface area contributed by atoms with Gasteiger partial charge in [-0.15, -0.1) is 0 Å². The normalized spacial score (nSPS) is 10.4. The maximum Gasteiger partial charge on any atom is 0.0606 e. The number of nitrogens with zero attached hydrogens (tertiary/aromatic N) is 1. The van der Waals surface area contributed by atoms with Gasteiger partial charge in [0, 0.05) is 18.8 Å². The number of hydrogen-bond acceptors (Lipinski definition) is 3. The number of rotatable bonds is 6. The van der Waals surface area contributed by atoms with Gasteiger partial charge in [-0.3, -0.25) is 0 Å². The molecule has 0 amide bonds. The molecule has 0 spiro atoms. The monoisotopic (exact) mass is 256 g/mol. The van der Waals surface area contributed by atoms with Gasteiger partial charge < -0.3 is 15.1 Å². The Kier molecular flexibility index (Phi) is 4.95. The molecule has 0 aliphatic rings. The lowest BCUT2D eigenvalue weighted by atomic mass is 10.1. The summed E-state index contributed by atoms with van der Waals surface area (Å²) in [5, 5.41) is 18.1. The Labute approximate surface area is 113 Å². The number of hydrogen-bond donors (Lipinski definition) is 2. The summed E-state index contributed by atoms with van der Waals surface area (Å²) in [6.07, 6.45) is 0. The summed E-state index contributed by atoms with van der Waals surface area (Å²) in [7, 11) is 0. The van der Waals surface area contributed by atoms with E-state index in [9.17, 15) is 0 Å². The third-order valence-electron chi connectivity index (χ3n) is 3.02. The smallest absolute Gasteiger partial charge is 0.0606 e. The zero-order valence-corrected chi connectivity index (χ0v) is 10.8. The quantitative estimate of drug-likeness (QED) is 0.830. The Morgan fingerprint density at radius 1 is 0.789 bits per heavy atom. The first-order valence-electron chi connectivity index (χ1n) is 6.38. The molecule has 19 heavy (non-hydrogen) atoms. The molecule has 0 saturated carbocycles. The average Bonchev–Trinajstić information content (AvgIpc) is 2.48. The van der Waals surface area contributed by atoms with E-state index >= 15 is 0 Å². The number of anilines is 1. The maximum absolute atomic E-state index is 9.03. The van der Waals surface area contributed by atoms with Crippen molar-refractivity contribution in [3.8, 4) is 11.1 Å². The fraction of sp³-hybridized carbons (Fsp3) is 0.250. The van der Waals surface area contributed by atoms with Crippen LogP contribution in [0, 0.1) is 6.07 Å². The maximum atomic E-state index is 9.03. The van der Waals surface area contributed by atoms with Gasteiger partial charge in [-0.05, 0) is 29.3 Å². The van der Waals surface area contributed by atoms with Crippen molar-refractivity contribution >= 4 is 5.69 Å². The highest BCUT2D eigenvalue weighted by molar-refractivity contribution is 5.66. The van der Waals surface area contributed by atoms with E-state index in [0.717, 1.165) is 16.8 Å². The van der Waals surface area contributed by atoms with Crippen LogP contribution in [0.25, 0.3) is 11.1 Å². The van der Waals surface area contributed by atoms with E-state index in [1.165, 1.54) is 0 Å². The van der Waals surface area contributed by atoms with E-state index in [1.807, 2.05) is 53.4 Å². The van der Waals surface area contributed by atoms with Crippen LogP contribution in [0.5, 0.6) is 0 Å². The highest BCUT2D eigenvalue weighted by atomic mass is 16.3. The van der Waals surface area contributed by atoms with Gasteiger partial charge in [0.05, 0.1) is 13.2 Å². The summed E-state index contributed by atoms with van der Waals surface area (Å²) >= 11 is 0.